The van der Waals surface area contributed by atoms with Crippen molar-refractivity contribution in [3.8, 4) is 28.5 Å². The number of imidazole rings is 1. The van der Waals surface area contributed by atoms with Crippen molar-refractivity contribution in [1.82, 2.24) is 14.4 Å². The van der Waals surface area contributed by atoms with E-state index in [-0.39, 0.29) is 0 Å². The lowest BCUT2D eigenvalue weighted by molar-refractivity contribution is 0.206. The number of methoxy groups -OCH3 is 3. The Morgan fingerprint density at radius 3 is 2.43 bits per heavy atom. The minimum atomic E-state index is -0.989. The molecule has 0 saturated heterocycles. The van der Waals surface area contributed by atoms with Crippen molar-refractivity contribution in [2.45, 2.75) is 6.23 Å². The number of hydrogen-bond donors (Lipinski definition) is 2. The number of nitrogens with zero attached hydrogens (tertiary/aromatic N) is 3. The zero-order chi connectivity index (χ0) is 21.1. The Bertz CT molecular complexity index is 1120. The number of fused-ring (bicyclic) bond motifs is 1. The van der Waals surface area contributed by atoms with E-state index in [1.165, 1.54) is 21.3 Å². The first kappa shape index (κ1) is 19.5. The Hall–Kier alpha value is -3.78. The second-order valence-electron chi connectivity index (χ2n) is 6.54. The maximum atomic E-state index is 10.8. The summed E-state index contributed by atoms with van der Waals surface area (Å²) in [7, 11) is 4.61. The number of hydrogen-bond acceptors (Lipinski definition) is 7. The minimum absolute atomic E-state index is 0.471. The number of nitrogens with one attached hydrogen (secondary N) is 1. The minimum Gasteiger partial charge on any atom is -0.493 e. The van der Waals surface area contributed by atoms with Gasteiger partial charge in [-0.1, -0.05) is 12.1 Å². The van der Waals surface area contributed by atoms with Crippen LogP contribution in [0.4, 0.5) is 5.69 Å². The zero-order valence-electron chi connectivity index (χ0n) is 16.9. The van der Waals surface area contributed by atoms with Gasteiger partial charge in [-0.05, 0) is 30.3 Å². The molecule has 154 valence electrons. The van der Waals surface area contributed by atoms with E-state index in [0.29, 0.717) is 28.6 Å². The van der Waals surface area contributed by atoms with Gasteiger partial charge in [0.2, 0.25) is 11.5 Å². The van der Waals surface area contributed by atoms with Crippen molar-refractivity contribution in [2.24, 2.45) is 0 Å². The van der Waals surface area contributed by atoms with E-state index >= 15 is 0 Å². The van der Waals surface area contributed by atoms with Crippen molar-refractivity contribution in [2.75, 3.05) is 26.6 Å². The summed E-state index contributed by atoms with van der Waals surface area (Å²) >= 11 is 0. The van der Waals surface area contributed by atoms with Crippen LogP contribution in [0.15, 0.2) is 61.1 Å². The molecule has 1 atom stereocenters. The van der Waals surface area contributed by atoms with Gasteiger partial charge in [0.05, 0.1) is 27.0 Å². The average molecular weight is 406 g/mol. The van der Waals surface area contributed by atoms with Crippen LogP contribution in [0, 0.1) is 0 Å². The monoisotopic (exact) mass is 406 g/mol. The van der Waals surface area contributed by atoms with E-state index < -0.39 is 6.23 Å². The van der Waals surface area contributed by atoms with Gasteiger partial charge in [0.1, 0.15) is 0 Å². The molecule has 0 aliphatic rings. The summed E-state index contributed by atoms with van der Waals surface area (Å²) in [6.07, 6.45) is 4.53. The van der Waals surface area contributed by atoms with Crippen LogP contribution in [0.1, 0.15) is 11.8 Å². The molecular weight excluding hydrogens is 384 g/mol. The van der Waals surface area contributed by atoms with Crippen LogP contribution >= 0.6 is 0 Å². The molecule has 8 nitrogen and oxygen atoms in total. The number of ether oxygens (including phenoxy) is 3. The van der Waals surface area contributed by atoms with Gasteiger partial charge in [0.15, 0.2) is 17.7 Å². The average Bonchev–Trinajstić information content (AvgIpc) is 3.22. The summed E-state index contributed by atoms with van der Waals surface area (Å²) < 4.78 is 17.9. The summed E-state index contributed by atoms with van der Waals surface area (Å²) in [5.41, 5.74) is 3.01. The third-order valence-electron chi connectivity index (χ3n) is 4.70. The van der Waals surface area contributed by atoms with Gasteiger partial charge in [-0.3, -0.25) is 4.40 Å². The lowest BCUT2D eigenvalue weighted by Crippen LogP contribution is -2.10. The molecule has 8 heteroatoms. The van der Waals surface area contributed by atoms with E-state index in [1.807, 2.05) is 47.1 Å². The molecular formula is C22H22N4O4. The molecule has 0 radical (unpaired) electrons. The third-order valence-corrected chi connectivity index (χ3v) is 4.70. The molecule has 2 heterocycles. The number of benzene rings is 2. The number of anilines is 1. The number of aliphatic hydroxyl groups excluding tert-OH is 1. The number of rotatable bonds is 7. The topological polar surface area (TPSA) is 90.1 Å². The summed E-state index contributed by atoms with van der Waals surface area (Å²) in [4.78, 5) is 8.79. The normalized spacial score (nSPS) is 11.9. The molecule has 4 aromatic rings. The summed E-state index contributed by atoms with van der Waals surface area (Å²) in [6.45, 7) is 0. The van der Waals surface area contributed by atoms with E-state index in [2.05, 4.69) is 15.3 Å². The third kappa shape index (κ3) is 3.72. The fraction of sp³-hybridized carbons (Fsp3) is 0.182. The Labute approximate surface area is 173 Å². The summed E-state index contributed by atoms with van der Waals surface area (Å²) in [5, 5.41) is 13.9. The summed E-state index contributed by atoms with van der Waals surface area (Å²) in [6, 6.07) is 12.9. The number of aromatic nitrogens is 3. The lowest BCUT2D eigenvalue weighted by Gasteiger charge is -2.19. The molecule has 0 spiro atoms. The van der Waals surface area contributed by atoms with Crippen LogP contribution in [0.5, 0.6) is 17.2 Å². The molecule has 0 aliphatic heterocycles. The van der Waals surface area contributed by atoms with E-state index in [1.54, 1.807) is 18.3 Å². The second kappa shape index (κ2) is 8.30. The van der Waals surface area contributed by atoms with E-state index in [9.17, 15) is 5.11 Å². The predicted octanol–water partition coefficient (Wildman–Crippen LogP) is 3.53. The molecule has 30 heavy (non-hydrogen) atoms. The SMILES string of the molecule is COc1cc(C(O)Nc2cccc(-c3cn4cccnc4n3)c2)cc(OC)c1OC. The van der Waals surface area contributed by atoms with Crippen molar-refractivity contribution in [1.29, 1.82) is 0 Å². The Morgan fingerprint density at radius 1 is 1.00 bits per heavy atom. The number of aliphatic hydroxyl groups is 1. The van der Waals surface area contributed by atoms with Crippen LogP contribution in [0.25, 0.3) is 17.0 Å². The molecule has 0 fully saturated rings. The highest BCUT2D eigenvalue weighted by molar-refractivity contribution is 5.66. The maximum absolute atomic E-state index is 10.8. The molecule has 2 aromatic carbocycles. The molecule has 2 N–H and O–H groups in total. The maximum Gasteiger partial charge on any atom is 0.234 e. The molecule has 2 aromatic heterocycles. The fourth-order valence-corrected chi connectivity index (χ4v) is 3.24. The van der Waals surface area contributed by atoms with E-state index in [4.69, 9.17) is 14.2 Å². The zero-order valence-corrected chi connectivity index (χ0v) is 16.9. The fourth-order valence-electron chi connectivity index (χ4n) is 3.24. The van der Waals surface area contributed by atoms with Crippen LogP contribution in [-0.2, 0) is 0 Å². The van der Waals surface area contributed by atoms with Gasteiger partial charge in [-0.2, -0.15) is 0 Å². The Morgan fingerprint density at radius 2 is 1.77 bits per heavy atom. The first-order valence-electron chi connectivity index (χ1n) is 9.27. The van der Waals surface area contributed by atoms with E-state index in [0.717, 1.165) is 16.9 Å². The lowest BCUT2D eigenvalue weighted by atomic mass is 10.1. The van der Waals surface area contributed by atoms with Gasteiger partial charge in [0, 0.05) is 35.4 Å². The molecule has 0 amide bonds. The van der Waals surface area contributed by atoms with Gasteiger partial charge >= 0.3 is 0 Å². The highest BCUT2D eigenvalue weighted by Gasteiger charge is 2.17. The molecule has 0 aliphatic carbocycles. The van der Waals surface area contributed by atoms with Crippen molar-refractivity contribution < 1.29 is 19.3 Å². The van der Waals surface area contributed by atoms with Crippen LogP contribution in [-0.4, -0.2) is 40.8 Å². The first-order valence-corrected chi connectivity index (χ1v) is 9.27. The molecule has 0 bridgehead atoms. The van der Waals surface area contributed by atoms with Gasteiger partial charge in [0.25, 0.3) is 0 Å². The quantitative estimate of drug-likeness (QED) is 0.454. The van der Waals surface area contributed by atoms with Gasteiger partial charge < -0.3 is 24.6 Å². The first-order chi connectivity index (χ1) is 14.6. The van der Waals surface area contributed by atoms with Crippen molar-refractivity contribution in [3.63, 3.8) is 0 Å². The largest absolute Gasteiger partial charge is 0.493 e. The standard InChI is InChI=1S/C22H22N4O4/c1-28-18-11-15(12-19(29-2)20(18)30-3)21(27)24-16-7-4-6-14(10-16)17-13-26-9-5-8-23-22(26)25-17/h4-13,21,24,27H,1-3H3. The molecule has 0 saturated carbocycles. The predicted molar refractivity (Wildman–Crippen MR) is 113 cm³/mol. The van der Waals surface area contributed by atoms with Gasteiger partial charge in [-0.25, -0.2) is 9.97 Å². The Balaban J connectivity index is 1.61. The molecule has 4 rings (SSSR count). The summed E-state index contributed by atoms with van der Waals surface area (Å²) in [5.74, 6) is 2.04. The van der Waals surface area contributed by atoms with Crippen LogP contribution in [0.3, 0.4) is 0 Å². The highest BCUT2D eigenvalue weighted by atomic mass is 16.5. The van der Waals surface area contributed by atoms with Crippen molar-refractivity contribution in [3.05, 3.63) is 66.6 Å². The Kier molecular flexibility index (Phi) is 5.40. The highest BCUT2D eigenvalue weighted by Crippen LogP contribution is 2.39. The smallest absolute Gasteiger partial charge is 0.234 e. The van der Waals surface area contributed by atoms with Gasteiger partial charge in [-0.15, -0.1) is 0 Å². The van der Waals surface area contributed by atoms with Crippen LogP contribution in [0.2, 0.25) is 0 Å². The van der Waals surface area contributed by atoms with Crippen molar-refractivity contribution >= 4 is 11.5 Å². The molecule has 1 unspecified atom stereocenters. The van der Waals surface area contributed by atoms with Crippen LogP contribution < -0.4 is 19.5 Å². The second-order valence-corrected chi connectivity index (χ2v) is 6.54.